The number of halogens is 1. The first-order valence-corrected chi connectivity index (χ1v) is 23.9. The third-order valence-electron chi connectivity index (χ3n) is 14.1. The number of rotatable bonds is 14. The second kappa shape index (κ2) is 19.5. The van der Waals surface area contributed by atoms with Crippen molar-refractivity contribution >= 4 is 75.0 Å². The highest BCUT2D eigenvalue weighted by atomic mass is 19.1. The second-order valence-corrected chi connectivity index (χ2v) is 18.5. The number of nitrogens with one attached hydrogen (secondary N) is 4. The Morgan fingerprint density at radius 1 is 0.803 bits per heavy atom. The number of fused-ring (bicyclic) bond motifs is 2. The van der Waals surface area contributed by atoms with Crippen LogP contribution in [0.5, 0.6) is 17.2 Å². The van der Waals surface area contributed by atoms with Crippen molar-refractivity contribution in [2.45, 2.75) is 44.6 Å². The molecule has 71 heavy (non-hydrogen) atoms. The van der Waals surface area contributed by atoms with Gasteiger partial charge in [-0.1, -0.05) is 6.07 Å². The van der Waals surface area contributed by atoms with Crippen molar-refractivity contribution in [2.75, 3.05) is 80.3 Å². The van der Waals surface area contributed by atoms with Crippen molar-refractivity contribution in [1.82, 2.24) is 25.0 Å². The fraction of sp³-hybridized carbons (Fsp3) is 0.346. The first-order valence-electron chi connectivity index (χ1n) is 23.9. The molecule has 1 atom stereocenters. The first-order chi connectivity index (χ1) is 34.4. The van der Waals surface area contributed by atoms with E-state index in [-0.39, 0.29) is 35.8 Å². The van der Waals surface area contributed by atoms with Crippen LogP contribution in [0.1, 0.15) is 59.2 Å². The number of aromatic nitrogens is 1. The van der Waals surface area contributed by atoms with Crippen LogP contribution in [-0.2, 0) is 24.0 Å². The lowest BCUT2D eigenvalue weighted by Gasteiger charge is -2.39. The molecule has 19 heteroatoms. The maximum absolute atomic E-state index is 13.8. The number of amides is 7. The number of hydrogen-bond donors (Lipinski definition) is 4. The highest BCUT2D eigenvalue weighted by Crippen LogP contribution is 2.48. The summed E-state index contributed by atoms with van der Waals surface area (Å²) in [5, 5.41) is 11.8. The van der Waals surface area contributed by atoms with Crippen molar-refractivity contribution in [3.8, 4) is 17.2 Å². The zero-order valence-corrected chi connectivity index (χ0v) is 39.0. The second-order valence-electron chi connectivity index (χ2n) is 18.5. The van der Waals surface area contributed by atoms with Gasteiger partial charge in [-0.3, -0.25) is 53.7 Å². The topological polar surface area (TPSA) is 212 Å². The van der Waals surface area contributed by atoms with Gasteiger partial charge in [0.2, 0.25) is 29.5 Å². The molecule has 18 nitrogen and oxygen atoms in total. The van der Waals surface area contributed by atoms with Crippen LogP contribution in [0, 0.1) is 17.2 Å². The number of carbonyl (C=O) groups is 7. The molecule has 0 spiro atoms. The molecule has 4 aliphatic heterocycles. The summed E-state index contributed by atoms with van der Waals surface area (Å²) in [5.41, 5.74) is 2.26. The van der Waals surface area contributed by atoms with E-state index in [0.717, 1.165) is 16.0 Å². The van der Waals surface area contributed by atoms with Crippen molar-refractivity contribution in [1.29, 1.82) is 0 Å². The molecule has 1 saturated carbocycles. The summed E-state index contributed by atoms with van der Waals surface area (Å²) in [4.78, 5) is 103. The highest BCUT2D eigenvalue weighted by Gasteiger charge is 2.56. The molecule has 0 radical (unpaired) electrons. The van der Waals surface area contributed by atoms with E-state index in [4.69, 9.17) is 9.47 Å². The van der Waals surface area contributed by atoms with Gasteiger partial charge in [0.05, 0.1) is 29.4 Å². The third-order valence-corrected chi connectivity index (χ3v) is 14.1. The lowest BCUT2D eigenvalue weighted by atomic mass is 9.94. The normalized spacial score (nSPS) is 19.0. The van der Waals surface area contributed by atoms with E-state index in [1.165, 1.54) is 24.3 Å². The van der Waals surface area contributed by atoms with Gasteiger partial charge in [0.25, 0.3) is 11.8 Å². The number of benzene rings is 4. The number of piperidine rings is 2. The lowest BCUT2D eigenvalue weighted by molar-refractivity contribution is -0.138. The van der Waals surface area contributed by atoms with Gasteiger partial charge < -0.3 is 35.2 Å². The molecule has 7 amide bonds. The number of hydrogen-bond acceptors (Lipinski definition) is 13. The van der Waals surface area contributed by atoms with Gasteiger partial charge in [-0.15, -0.1) is 0 Å². The van der Waals surface area contributed by atoms with E-state index in [0.29, 0.717) is 118 Å². The Balaban J connectivity index is 0.693. The lowest BCUT2D eigenvalue weighted by Crippen LogP contribution is -2.54. The molecule has 5 aromatic rings. The summed E-state index contributed by atoms with van der Waals surface area (Å²) in [6, 6.07) is 21.9. The molecule has 1 aromatic heterocycles. The summed E-state index contributed by atoms with van der Waals surface area (Å²) in [6.07, 6.45) is 4.00. The maximum Gasteiger partial charge on any atom is 0.264 e. The van der Waals surface area contributed by atoms with Gasteiger partial charge >= 0.3 is 0 Å². The molecule has 4 N–H and O–H groups in total. The minimum atomic E-state index is -1.19. The number of carbonyl (C=O) groups excluding carboxylic acids is 7. The van der Waals surface area contributed by atoms with E-state index >= 15 is 0 Å². The molecular formula is C52H52FN9O9. The van der Waals surface area contributed by atoms with Crippen LogP contribution >= 0.6 is 0 Å². The van der Waals surface area contributed by atoms with Crippen LogP contribution in [0.3, 0.4) is 0 Å². The Hall–Kier alpha value is -7.93. The van der Waals surface area contributed by atoms with Gasteiger partial charge in [0.1, 0.15) is 34.5 Å². The molecule has 10 rings (SSSR count). The fourth-order valence-corrected chi connectivity index (χ4v) is 9.91. The zero-order chi connectivity index (χ0) is 49.4. The molecule has 5 aliphatic rings. The van der Waals surface area contributed by atoms with Crippen molar-refractivity contribution in [3.63, 3.8) is 0 Å². The molecule has 1 unspecified atom stereocenters. The number of ether oxygens (including phenoxy) is 2. The quantitative estimate of drug-likeness (QED) is 0.0812. The number of anilines is 4. The van der Waals surface area contributed by atoms with Gasteiger partial charge in [0, 0.05) is 93.3 Å². The average molecular weight is 966 g/mol. The first kappa shape index (κ1) is 46.8. The number of nitrogens with zero attached hydrogens (tertiary/aromatic N) is 5. The van der Waals surface area contributed by atoms with Crippen molar-refractivity contribution < 1.29 is 47.4 Å². The Kier molecular flexibility index (Phi) is 12.8. The Bertz CT molecular complexity index is 2950. The molecule has 4 fully saturated rings. The molecule has 4 aromatic carbocycles. The predicted octanol–water partition coefficient (Wildman–Crippen LogP) is 5.41. The summed E-state index contributed by atoms with van der Waals surface area (Å²) < 4.78 is 25.5. The monoisotopic (exact) mass is 965 g/mol. The minimum Gasteiger partial charge on any atom is -0.495 e. The summed E-state index contributed by atoms with van der Waals surface area (Å²) in [6.45, 7) is 5.06. The molecule has 3 saturated heterocycles. The van der Waals surface area contributed by atoms with Gasteiger partial charge in [-0.05, 0) is 111 Å². The van der Waals surface area contributed by atoms with Crippen LogP contribution < -0.4 is 35.6 Å². The molecular weight excluding hydrogens is 914 g/mol. The Morgan fingerprint density at radius 3 is 2.15 bits per heavy atom. The average Bonchev–Trinajstić information content (AvgIpc) is 4.16. The van der Waals surface area contributed by atoms with E-state index in [9.17, 15) is 38.0 Å². The van der Waals surface area contributed by atoms with Crippen LogP contribution in [0.4, 0.5) is 27.1 Å². The third kappa shape index (κ3) is 9.44. The fourth-order valence-electron chi connectivity index (χ4n) is 9.91. The number of piperazine rings is 1. The Morgan fingerprint density at radius 2 is 1.49 bits per heavy atom. The largest absolute Gasteiger partial charge is 0.495 e. The van der Waals surface area contributed by atoms with Gasteiger partial charge in [-0.2, -0.15) is 0 Å². The van der Waals surface area contributed by atoms with Gasteiger partial charge in [0.15, 0.2) is 0 Å². The summed E-state index contributed by atoms with van der Waals surface area (Å²) in [5.74, 6) is -1.67. The minimum absolute atomic E-state index is 0.0523. The molecule has 5 heterocycles. The number of imide groups is 2. The summed E-state index contributed by atoms with van der Waals surface area (Å²) in [7, 11) is 1.62. The highest BCUT2D eigenvalue weighted by molar-refractivity contribution is 6.25. The van der Waals surface area contributed by atoms with E-state index < -0.39 is 52.7 Å². The molecule has 1 aliphatic carbocycles. The van der Waals surface area contributed by atoms with Crippen LogP contribution in [0.15, 0.2) is 91.1 Å². The van der Waals surface area contributed by atoms with Crippen LogP contribution in [-0.4, -0.2) is 127 Å². The Labute approximate surface area is 407 Å². The van der Waals surface area contributed by atoms with Gasteiger partial charge in [-0.25, -0.2) is 4.39 Å². The van der Waals surface area contributed by atoms with Crippen LogP contribution in [0.2, 0.25) is 0 Å². The standard InChI is InChI=1S/C52H52FN9O9/c1-70-43-29-37-39(54-20-15-42(37)71-35-11-9-34(10-12-35)57-51(69)52(18-19-52)50(68)56-33-7-5-32(53)6-8-33)30-41(43)60-22-16-31(17-23-60)47(65)61-27-25-59(26-28-61)24-21-55-38-4-2-3-36-45(38)49(67)62(48(36)66)40-13-14-44(63)58-46(40)64/h2-12,15,20,29-31,40,55H,13-14,16-19,21-28H2,1H3,(H,56,68)(H,57,69)(H,58,63,64). The van der Waals surface area contributed by atoms with Crippen molar-refractivity contribution in [3.05, 3.63) is 108 Å². The predicted molar refractivity (Wildman–Crippen MR) is 260 cm³/mol. The maximum atomic E-state index is 13.8. The zero-order valence-electron chi connectivity index (χ0n) is 39.0. The van der Waals surface area contributed by atoms with Crippen LogP contribution in [0.25, 0.3) is 10.9 Å². The van der Waals surface area contributed by atoms with E-state index in [1.54, 1.807) is 61.8 Å². The number of methoxy groups -OCH3 is 1. The van der Waals surface area contributed by atoms with E-state index in [2.05, 4.69) is 36.1 Å². The summed E-state index contributed by atoms with van der Waals surface area (Å²) >= 11 is 0. The smallest absolute Gasteiger partial charge is 0.264 e. The SMILES string of the molecule is COc1cc2c(Oc3ccc(NC(=O)C4(C(=O)Nc5ccc(F)cc5)CC4)cc3)ccnc2cc1N1CCC(C(=O)N2CCN(CCNc3cccc4c3C(=O)N(C3CCC(=O)NC3=O)C4=O)CC2)CC1. The number of pyridine rings is 1. The van der Waals surface area contributed by atoms with Crippen molar-refractivity contribution in [2.24, 2.45) is 11.3 Å². The molecule has 366 valence electrons. The van der Waals surface area contributed by atoms with E-state index in [1.807, 2.05) is 17.0 Å². The molecule has 0 bridgehead atoms.